The van der Waals surface area contributed by atoms with Crippen LogP contribution < -0.4 is 19.7 Å². The summed E-state index contributed by atoms with van der Waals surface area (Å²) in [5.74, 6) is 1.16. The van der Waals surface area contributed by atoms with E-state index in [0.717, 1.165) is 37.6 Å². The Morgan fingerprint density at radius 2 is 1.92 bits per heavy atom. The van der Waals surface area contributed by atoms with Gasteiger partial charge in [0.1, 0.15) is 13.2 Å². The van der Waals surface area contributed by atoms with Crippen molar-refractivity contribution >= 4 is 11.7 Å². The molecule has 0 radical (unpaired) electrons. The van der Waals surface area contributed by atoms with Gasteiger partial charge in [0.05, 0.1) is 37.4 Å². The summed E-state index contributed by atoms with van der Waals surface area (Å²) in [7, 11) is 0. The van der Waals surface area contributed by atoms with Gasteiger partial charge < -0.3 is 24.4 Å². The van der Waals surface area contributed by atoms with Gasteiger partial charge in [-0.2, -0.15) is 0 Å². The van der Waals surface area contributed by atoms with Gasteiger partial charge in [0.25, 0.3) is 0 Å². The number of nitrogens with zero attached hydrogens (tertiary/aromatic N) is 1. The molecule has 1 saturated heterocycles. The van der Waals surface area contributed by atoms with E-state index < -0.39 is 0 Å². The fourth-order valence-corrected chi connectivity index (χ4v) is 3.28. The topological polar surface area (TPSA) is 64.6 Å². The summed E-state index contributed by atoms with van der Waals surface area (Å²) in [6, 6.07) is 14.9. The van der Waals surface area contributed by atoms with Gasteiger partial charge in [-0.1, -0.05) is 24.3 Å². The number of piperazine rings is 1. The Kier molecular flexibility index (Phi) is 4.93. The van der Waals surface area contributed by atoms with Crippen LogP contribution in [0.4, 0.5) is 5.69 Å². The maximum atomic E-state index is 12.1. The standard InChI is InChI=1S/C20H22N2O4/c23-20(15-5-2-1-3-6-15)25-14-16-13-24-19-17(7-4-8-18(19)26-16)22-11-9-21-10-12-22/h1-8,16,21H,9-14H2/p+1. The van der Waals surface area contributed by atoms with E-state index in [0.29, 0.717) is 17.9 Å². The summed E-state index contributed by atoms with van der Waals surface area (Å²) < 4.78 is 17.4. The van der Waals surface area contributed by atoms with Crippen LogP contribution in [0.25, 0.3) is 0 Å². The van der Waals surface area contributed by atoms with E-state index in [1.807, 2.05) is 30.3 Å². The quantitative estimate of drug-likeness (QED) is 0.831. The number of hydrogen-bond donors (Lipinski definition) is 1. The molecule has 2 heterocycles. The molecule has 1 atom stereocenters. The number of anilines is 1. The van der Waals surface area contributed by atoms with Gasteiger partial charge >= 0.3 is 5.97 Å². The summed E-state index contributed by atoms with van der Waals surface area (Å²) in [4.78, 5) is 14.4. The molecule has 2 aliphatic rings. The summed E-state index contributed by atoms with van der Waals surface area (Å²) in [5, 5.41) is 2.32. The Morgan fingerprint density at radius 3 is 2.73 bits per heavy atom. The first-order chi connectivity index (χ1) is 12.8. The van der Waals surface area contributed by atoms with Crippen LogP contribution in [-0.2, 0) is 4.74 Å². The molecule has 136 valence electrons. The normalized spacial score (nSPS) is 19.1. The number of carbonyl (C=O) groups is 1. The van der Waals surface area contributed by atoms with Crippen molar-refractivity contribution in [3.63, 3.8) is 0 Å². The number of quaternary nitrogens is 1. The number of nitrogens with two attached hydrogens (primary N) is 1. The van der Waals surface area contributed by atoms with Crippen LogP contribution in [0.15, 0.2) is 48.5 Å². The lowest BCUT2D eigenvalue weighted by molar-refractivity contribution is -0.655. The Labute approximate surface area is 152 Å². The van der Waals surface area contributed by atoms with Crippen LogP contribution in [0.3, 0.4) is 0 Å². The lowest BCUT2D eigenvalue weighted by Gasteiger charge is -2.33. The second kappa shape index (κ2) is 7.66. The minimum absolute atomic E-state index is 0.163. The van der Waals surface area contributed by atoms with Crippen LogP contribution >= 0.6 is 0 Å². The molecule has 0 aromatic heterocycles. The SMILES string of the molecule is O=C(OCC1COc2c(cccc2N2CC[NH2+]CC2)O1)c1ccccc1. The monoisotopic (exact) mass is 355 g/mol. The van der Waals surface area contributed by atoms with Gasteiger partial charge in [-0.15, -0.1) is 0 Å². The molecule has 26 heavy (non-hydrogen) atoms. The van der Waals surface area contributed by atoms with Crippen molar-refractivity contribution < 1.29 is 24.3 Å². The third-order valence-electron chi connectivity index (χ3n) is 4.62. The number of benzene rings is 2. The Hall–Kier alpha value is -2.73. The van der Waals surface area contributed by atoms with Gasteiger partial charge in [-0.05, 0) is 24.3 Å². The third-order valence-corrected chi connectivity index (χ3v) is 4.62. The van der Waals surface area contributed by atoms with Crippen LogP contribution in [0.1, 0.15) is 10.4 Å². The van der Waals surface area contributed by atoms with Crippen LogP contribution in [0.2, 0.25) is 0 Å². The summed E-state index contributed by atoms with van der Waals surface area (Å²) in [6.07, 6.45) is -0.305. The maximum Gasteiger partial charge on any atom is 0.338 e. The van der Waals surface area contributed by atoms with E-state index in [2.05, 4.69) is 16.3 Å². The van der Waals surface area contributed by atoms with E-state index in [1.54, 1.807) is 12.1 Å². The fraction of sp³-hybridized carbons (Fsp3) is 0.350. The van der Waals surface area contributed by atoms with Crippen LogP contribution in [0, 0.1) is 0 Å². The largest absolute Gasteiger partial charge is 0.484 e. The van der Waals surface area contributed by atoms with Crippen molar-refractivity contribution in [3.05, 3.63) is 54.1 Å². The predicted molar refractivity (Wildman–Crippen MR) is 96.9 cm³/mol. The summed E-state index contributed by atoms with van der Waals surface area (Å²) in [5.41, 5.74) is 1.61. The van der Waals surface area contributed by atoms with Crippen molar-refractivity contribution in [1.82, 2.24) is 0 Å². The highest BCUT2D eigenvalue weighted by molar-refractivity contribution is 5.89. The first kappa shape index (κ1) is 16.7. The Morgan fingerprint density at radius 1 is 1.12 bits per heavy atom. The smallest absolute Gasteiger partial charge is 0.338 e. The molecule has 0 amide bonds. The van der Waals surface area contributed by atoms with Crippen molar-refractivity contribution in [3.8, 4) is 11.5 Å². The van der Waals surface area contributed by atoms with Crippen molar-refractivity contribution in [2.75, 3.05) is 44.3 Å². The highest BCUT2D eigenvalue weighted by Gasteiger charge is 2.27. The van der Waals surface area contributed by atoms with Crippen LogP contribution in [0.5, 0.6) is 11.5 Å². The molecule has 1 unspecified atom stereocenters. The number of ether oxygens (including phenoxy) is 3. The second-order valence-corrected chi connectivity index (χ2v) is 6.47. The molecule has 6 nitrogen and oxygen atoms in total. The van der Waals surface area contributed by atoms with Gasteiger partial charge in [-0.3, -0.25) is 0 Å². The highest BCUT2D eigenvalue weighted by atomic mass is 16.6. The lowest BCUT2D eigenvalue weighted by Crippen LogP contribution is -2.89. The molecular weight excluding hydrogens is 332 g/mol. The Balaban J connectivity index is 1.39. The van der Waals surface area contributed by atoms with Gasteiger partial charge in [-0.25, -0.2) is 4.79 Å². The zero-order valence-electron chi connectivity index (χ0n) is 14.6. The molecule has 2 aromatic rings. The number of hydrogen-bond acceptors (Lipinski definition) is 5. The fourth-order valence-electron chi connectivity index (χ4n) is 3.28. The molecule has 2 aliphatic heterocycles. The summed E-state index contributed by atoms with van der Waals surface area (Å²) in [6.45, 7) is 4.70. The van der Waals surface area contributed by atoms with Crippen molar-refractivity contribution in [1.29, 1.82) is 0 Å². The van der Waals surface area contributed by atoms with Gasteiger partial charge in [0.2, 0.25) is 0 Å². The Bertz CT molecular complexity index is 760. The maximum absolute atomic E-state index is 12.1. The number of carbonyl (C=O) groups excluding carboxylic acids is 1. The van der Waals surface area contributed by atoms with Crippen LogP contribution in [-0.4, -0.2) is 51.5 Å². The first-order valence-electron chi connectivity index (χ1n) is 9.02. The second-order valence-electron chi connectivity index (χ2n) is 6.47. The van der Waals surface area contributed by atoms with Gasteiger partial charge in [0.15, 0.2) is 17.6 Å². The zero-order valence-corrected chi connectivity index (χ0v) is 14.6. The molecule has 4 rings (SSSR count). The summed E-state index contributed by atoms with van der Waals surface area (Å²) >= 11 is 0. The zero-order chi connectivity index (χ0) is 17.8. The molecule has 2 aromatic carbocycles. The van der Waals surface area contributed by atoms with E-state index >= 15 is 0 Å². The number of esters is 1. The van der Waals surface area contributed by atoms with E-state index in [-0.39, 0.29) is 18.7 Å². The third kappa shape index (κ3) is 3.60. The molecule has 2 N–H and O–H groups in total. The minimum Gasteiger partial charge on any atom is -0.484 e. The molecular formula is C20H23N2O4+. The van der Waals surface area contributed by atoms with Gasteiger partial charge in [0, 0.05) is 0 Å². The van der Waals surface area contributed by atoms with E-state index in [4.69, 9.17) is 14.2 Å². The molecule has 6 heteroatoms. The van der Waals surface area contributed by atoms with E-state index in [1.165, 1.54) is 0 Å². The number of rotatable bonds is 4. The number of fused-ring (bicyclic) bond motifs is 1. The van der Waals surface area contributed by atoms with Crippen molar-refractivity contribution in [2.24, 2.45) is 0 Å². The molecule has 0 spiro atoms. The molecule has 0 bridgehead atoms. The lowest BCUT2D eigenvalue weighted by atomic mass is 10.2. The van der Waals surface area contributed by atoms with E-state index in [9.17, 15) is 4.79 Å². The first-order valence-corrected chi connectivity index (χ1v) is 9.02. The average Bonchev–Trinajstić information content (AvgIpc) is 2.72. The molecule has 0 aliphatic carbocycles. The molecule has 0 saturated carbocycles. The molecule has 1 fully saturated rings. The number of para-hydroxylation sites is 1. The average molecular weight is 355 g/mol. The minimum atomic E-state index is -0.349. The van der Waals surface area contributed by atoms with Crippen molar-refractivity contribution in [2.45, 2.75) is 6.10 Å². The highest BCUT2D eigenvalue weighted by Crippen LogP contribution is 2.40. The predicted octanol–water partition coefficient (Wildman–Crippen LogP) is 1.07.